The molecule has 0 aromatic heterocycles. The first-order chi connectivity index (χ1) is 23.8. The van der Waals surface area contributed by atoms with E-state index < -0.39 is 11.7 Å². The normalized spacial score (nSPS) is 13.7. The number of aryl methyl sites for hydroxylation is 1. The summed E-state index contributed by atoms with van der Waals surface area (Å²) < 4.78 is 5.68. The molecule has 1 atom stereocenters. The smallest absolute Gasteiger partial charge is 0.311 e. The molecule has 0 heterocycles. The molecule has 0 spiro atoms. The topological polar surface area (TPSA) is 87.0 Å². The van der Waals surface area contributed by atoms with Gasteiger partial charge in [-0.3, -0.25) is 4.79 Å². The van der Waals surface area contributed by atoms with Gasteiger partial charge in [-0.2, -0.15) is 0 Å². The van der Waals surface area contributed by atoms with E-state index in [1.165, 1.54) is 74.5 Å². The number of ether oxygens (including phenoxy) is 1. The van der Waals surface area contributed by atoms with E-state index in [1.807, 2.05) is 6.92 Å². The first-order valence-corrected chi connectivity index (χ1v) is 19.9. The number of rotatable bonds is 28. The predicted octanol–water partition coefficient (Wildman–Crippen LogP) is 12.5. The van der Waals surface area contributed by atoms with Crippen LogP contribution in [0.3, 0.4) is 0 Å². The van der Waals surface area contributed by atoms with Crippen LogP contribution >= 0.6 is 0 Å². The Morgan fingerprint density at radius 3 is 1.84 bits per heavy atom. The quantitative estimate of drug-likeness (QED) is 0.0352. The number of carbonyl (C=O) groups is 1. The molecule has 284 valence electrons. The van der Waals surface area contributed by atoms with Crippen LogP contribution in [-0.4, -0.2) is 33.0 Å². The van der Waals surface area contributed by atoms with Crippen molar-refractivity contribution in [3.05, 3.63) is 70.4 Å². The molecule has 0 amide bonds. The van der Waals surface area contributed by atoms with Gasteiger partial charge in [-0.1, -0.05) is 105 Å². The highest BCUT2D eigenvalue weighted by atomic mass is 16.5. The Balaban J connectivity index is 2.34. The lowest BCUT2D eigenvalue weighted by atomic mass is 9.95. The van der Waals surface area contributed by atoms with Crippen LogP contribution in [0.1, 0.15) is 181 Å². The summed E-state index contributed by atoms with van der Waals surface area (Å²) >= 11 is 0. The number of phenolic OH excluding ortho intramolecular Hbond substituents is 1. The number of allylic oxidation sites excluding steroid dienone is 8. The van der Waals surface area contributed by atoms with E-state index in [-0.39, 0.29) is 11.7 Å². The molecule has 0 aliphatic rings. The molecule has 5 heteroatoms. The van der Waals surface area contributed by atoms with Gasteiger partial charge in [-0.25, -0.2) is 0 Å². The van der Waals surface area contributed by atoms with Gasteiger partial charge in [0.05, 0.1) is 11.7 Å². The number of unbranched alkanes of at least 4 members (excludes halogenated alkanes) is 11. The zero-order chi connectivity index (χ0) is 37.2. The standard InChI is InChI=1S/C45H74O5/c1-8-9-10-11-12-13-14-15-16-17-18-19-20-21-22-29-43(47)50-41-34-39(5)44(48)40(35-41)32-30-37(3)27-23-25-36(2)26-24-28-38(4)31-33-42(46)45(6,7)49/h15-16,25,28,30,34-35,42,46,48-49H,8-14,17-24,26-27,29,31-33H2,1-7H3/b16-15-,36-25+,37-30+,38-28+/t42-/m1/s1. The number of aliphatic hydroxyl groups is 2. The van der Waals surface area contributed by atoms with Crippen molar-refractivity contribution in [1.29, 1.82) is 0 Å². The Kier molecular flexibility index (Phi) is 24.6. The molecule has 0 aliphatic heterocycles. The van der Waals surface area contributed by atoms with Gasteiger partial charge in [-0.15, -0.1) is 0 Å². The minimum Gasteiger partial charge on any atom is -0.507 e. The molecule has 0 aliphatic carbocycles. The van der Waals surface area contributed by atoms with E-state index in [9.17, 15) is 20.1 Å². The van der Waals surface area contributed by atoms with E-state index in [0.29, 0.717) is 30.6 Å². The van der Waals surface area contributed by atoms with Crippen molar-refractivity contribution in [2.24, 2.45) is 0 Å². The van der Waals surface area contributed by atoms with Crippen molar-refractivity contribution in [3.8, 4) is 11.5 Å². The highest BCUT2D eigenvalue weighted by Crippen LogP contribution is 2.29. The second-order valence-corrected chi connectivity index (χ2v) is 15.2. The maximum absolute atomic E-state index is 12.5. The molecule has 1 aromatic rings. The monoisotopic (exact) mass is 695 g/mol. The van der Waals surface area contributed by atoms with Crippen LogP contribution in [0.15, 0.2) is 59.2 Å². The number of hydrogen-bond donors (Lipinski definition) is 3. The van der Waals surface area contributed by atoms with E-state index in [1.54, 1.807) is 26.0 Å². The van der Waals surface area contributed by atoms with Crippen LogP contribution in [0.4, 0.5) is 0 Å². The fourth-order valence-corrected chi connectivity index (χ4v) is 5.95. The van der Waals surface area contributed by atoms with Crippen molar-refractivity contribution in [2.75, 3.05) is 0 Å². The Morgan fingerprint density at radius 2 is 1.26 bits per heavy atom. The van der Waals surface area contributed by atoms with Gasteiger partial charge >= 0.3 is 5.97 Å². The lowest BCUT2D eigenvalue weighted by Crippen LogP contribution is -2.35. The van der Waals surface area contributed by atoms with Gasteiger partial charge in [-0.05, 0) is 136 Å². The molecule has 0 radical (unpaired) electrons. The number of esters is 1. The summed E-state index contributed by atoms with van der Waals surface area (Å²) in [7, 11) is 0. The number of aliphatic hydroxyl groups excluding tert-OH is 1. The molecular formula is C45H74O5. The zero-order valence-corrected chi connectivity index (χ0v) is 33.1. The number of benzene rings is 1. The SMILES string of the molecule is CCCCCCCC/C=C\CCCCCCCC(=O)Oc1cc(C)c(O)c(C/C=C(\C)CC/C=C(\C)CC/C=C(\C)CC[C@@H](O)C(C)(C)O)c1. The predicted molar refractivity (Wildman–Crippen MR) is 213 cm³/mol. The summed E-state index contributed by atoms with van der Waals surface area (Å²) in [4.78, 5) is 12.5. The maximum Gasteiger partial charge on any atom is 0.311 e. The lowest BCUT2D eigenvalue weighted by molar-refractivity contribution is -0.134. The molecule has 0 fully saturated rings. The van der Waals surface area contributed by atoms with Crippen LogP contribution < -0.4 is 4.74 Å². The van der Waals surface area contributed by atoms with Crippen LogP contribution in [0, 0.1) is 6.92 Å². The van der Waals surface area contributed by atoms with Gasteiger partial charge in [0.25, 0.3) is 0 Å². The lowest BCUT2D eigenvalue weighted by Gasteiger charge is -2.24. The average molecular weight is 695 g/mol. The van der Waals surface area contributed by atoms with Crippen molar-refractivity contribution >= 4 is 5.97 Å². The highest BCUT2D eigenvalue weighted by molar-refractivity contribution is 5.72. The van der Waals surface area contributed by atoms with Crippen molar-refractivity contribution in [1.82, 2.24) is 0 Å². The number of carbonyl (C=O) groups excluding carboxylic acids is 1. The number of hydrogen-bond acceptors (Lipinski definition) is 5. The summed E-state index contributed by atoms with van der Waals surface area (Å²) in [6.45, 7) is 13.8. The second-order valence-electron chi connectivity index (χ2n) is 15.2. The van der Waals surface area contributed by atoms with Crippen LogP contribution in [0.5, 0.6) is 11.5 Å². The Hall–Kier alpha value is -2.63. The van der Waals surface area contributed by atoms with Crippen LogP contribution in [-0.2, 0) is 11.2 Å². The van der Waals surface area contributed by atoms with E-state index in [0.717, 1.165) is 63.4 Å². The molecule has 0 bridgehead atoms. The van der Waals surface area contributed by atoms with E-state index in [4.69, 9.17) is 4.74 Å². The molecule has 50 heavy (non-hydrogen) atoms. The number of aromatic hydroxyl groups is 1. The first-order valence-electron chi connectivity index (χ1n) is 19.9. The minimum atomic E-state index is -1.06. The van der Waals surface area contributed by atoms with Gasteiger partial charge in [0.15, 0.2) is 0 Å². The largest absolute Gasteiger partial charge is 0.507 e. The molecule has 0 saturated carbocycles. The van der Waals surface area contributed by atoms with Gasteiger partial charge in [0, 0.05) is 12.0 Å². The number of phenols is 1. The maximum atomic E-state index is 12.5. The molecule has 5 nitrogen and oxygen atoms in total. The fraction of sp³-hybridized carbons (Fsp3) is 0.667. The first kappa shape index (κ1) is 45.4. The third kappa shape index (κ3) is 23.0. The molecule has 3 N–H and O–H groups in total. The molecule has 1 aromatic carbocycles. The average Bonchev–Trinajstić information content (AvgIpc) is 3.05. The molecule has 0 unspecified atom stereocenters. The van der Waals surface area contributed by atoms with Crippen molar-refractivity contribution < 1.29 is 24.9 Å². The Bertz CT molecular complexity index is 1200. The van der Waals surface area contributed by atoms with Gasteiger partial charge < -0.3 is 20.1 Å². The van der Waals surface area contributed by atoms with Crippen molar-refractivity contribution in [2.45, 2.75) is 195 Å². The van der Waals surface area contributed by atoms with E-state index >= 15 is 0 Å². The van der Waals surface area contributed by atoms with Gasteiger partial charge in [0.1, 0.15) is 11.5 Å². The molecule has 0 saturated heterocycles. The zero-order valence-electron chi connectivity index (χ0n) is 33.1. The molecule has 1 rings (SSSR count). The van der Waals surface area contributed by atoms with Gasteiger partial charge in [0.2, 0.25) is 0 Å². The van der Waals surface area contributed by atoms with Crippen LogP contribution in [0.25, 0.3) is 0 Å². The fourth-order valence-electron chi connectivity index (χ4n) is 5.95. The van der Waals surface area contributed by atoms with Crippen LogP contribution in [0.2, 0.25) is 0 Å². The minimum absolute atomic E-state index is 0.206. The Morgan fingerprint density at radius 1 is 0.740 bits per heavy atom. The highest BCUT2D eigenvalue weighted by Gasteiger charge is 2.23. The third-order valence-electron chi connectivity index (χ3n) is 9.59. The van der Waals surface area contributed by atoms with E-state index in [2.05, 4.69) is 58.1 Å². The summed E-state index contributed by atoms with van der Waals surface area (Å²) in [6.07, 6.45) is 32.9. The second kappa shape index (κ2) is 27.1. The van der Waals surface area contributed by atoms with Crippen molar-refractivity contribution in [3.63, 3.8) is 0 Å². The Labute approximate surface area is 307 Å². The third-order valence-corrected chi connectivity index (χ3v) is 9.59. The summed E-state index contributed by atoms with van der Waals surface area (Å²) in [5.74, 6) is 0.567. The summed E-state index contributed by atoms with van der Waals surface area (Å²) in [5, 5.41) is 30.6. The summed E-state index contributed by atoms with van der Waals surface area (Å²) in [6, 6.07) is 3.55. The summed E-state index contributed by atoms with van der Waals surface area (Å²) in [5.41, 5.74) is 4.30. The molecular weight excluding hydrogens is 620 g/mol.